The van der Waals surface area contributed by atoms with E-state index < -0.39 is 0 Å². The van der Waals surface area contributed by atoms with Crippen molar-refractivity contribution in [2.24, 2.45) is 0 Å². The van der Waals surface area contributed by atoms with Crippen molar-refractivity contribution in [3.63, 3.8) is 0 Å². The Bertz CT molecular complexity index is 1090. The molecule has 2 aromatic carbocycles. The summed E-state index contributed by atoms with van der Waals surface area (Å²) in [6, 6.07) is 14.9. The van der Waals surface area contributed by atoms with Crippen molar-refractivity contribution in [2.45, 2.75) is 38.6 Å². The van der Waals surface area contributed by atoms with Gasteiger partial charge in [0.2, 0.25) is 6.79 Å². The van der Waals surface area contributed by atoms with Gasteiger partial charge in [-0.1, -0.05) is 35.9 Å². The molecule has 0 amide bonds. The lowest BCUT2D eigenvalue weighted by Gasteiger charge is -2.35. The van der Waals surface area contributed by atoms with Gasteiger partial charge in [-0.3, -0.25) is 4.90 Å². The molecule has 0 N–H and O–H groups in total. The quantitative estimate of drug-likeness (QED) is 0.666. The molecule has 0 unspecified atom stereocenters. The second-order valence-electron chi connectivity index (χ2n) is 8.63. The Balaban J connectivity index is 1.20. The molecule has 4 heterocycles. The van der Waals surface area contributed by atoms with Gasteiger partial charge in [0.15, 0.2) is 11.5 Å². The average Bonchev–Trinajstić information content (AvgIpc) is 3.47. The Labute approximate surface area is 176 Å². The van der Waals surface area contributed by atoms with Crippen molar-refractivity contribution in [3.8, 4) is 22.8 Å². The molecule has 1 atom stereocenters. The van der Waals surface area contributed by atoms with Crippen LogP contribution in [0.25, 0.3) is 11.3 Å². The molecule has 0 saturated carbocycles. The second kappa shape index (κ2) is 6.86. The maximum absolute atomic E-state index is 6.39. The predicted octanol–water partition coefficient (Wildman–Crippen LogP) is 3.76. The van der Waals surface area contributed by atoms with Crippen LogP contribution in [0, 0.1) is 6.92 Å². The Morgan fingerprint density at radius 3 is 2.80 bits per heavy atom. The monoisotopic (exact) mass is 403 g/mol. The van der Waals surface area contributed by atoms with E-state index in [1.54, 1.807) is 0 Å². The van der Waals surface area contributed by atoms with Crippen molar-refractivity contribution < 1.29 is 14.2 Å². The van der Waals surface area contributed by atoms with Crippen LogP contribution in [0.3, 0.4) is 0 Å². The highest BCUT2D eigenvalue weighted by atomic mass is 16.7. The summed E-state index contributed by atoms with van der Waals surface area (Å²) in [6.07, 6.45) is 3.02. The van der Waals surface area contributed by atoms with Gasteiger partial charge in [-0.25, -0.2) is 4.98 Å². The van der Waals surface area contributed by atoms with Crippen LogP contribution >= 0.6 is 0 Å². The van der Waals surface area contributed by atoms with Crippen LogP contribution in [0.15, 0.2) is 48.7 Å². The fourth-order valence-corrected chi connectivity index (χ4v) is 4.82. The topological polar surface area (TPSA) is 48.8 Å². The number of nitrogens with zero attached hydrogens (tertiary/aromatic N) is 3. The Kier molecular flexibility index (Phi) is 4.11. The van der Waals surface area contributed by atoms with E-state index in [0.717, 1.165) is 49.9 Å². The Hall–Kier alpha value is -2.83. The van der Waals surface area contributed by atoms with Gasteiger partial charge in [0.05, 0.1) is 18.4 Å². The molecule has 6 nitrogen and oxygen atoms in total. The molecule has 6 rings (SSSR count). The van der Waals surface area contributed by atoms with Crippen molar-refractivity contribution >= 4 is 0 Å². The first-order valence-electron chi connectivity index (χ1n) is 10.5. The third-order valence-electron chi connectivity index (χ3n) is 6.48. The zero-order valence-electron chi connectivity index (χ0n) is 17.1. The van der Waals surface area contributed by atoms with Crippen LogP contribution in [-0.2, 0) is 24.4 Å². The van der Waals surface area contributed by atoms with E-state index in [2.05, 4.69) is 57.8 Å². The van der Waals surface area contributed by atoms with Gasteiger partial charge < -0.3 is 18.8 Å². The van der Waals surface area contributed by atoms with E-state index in [9.17, 15) is 0 Å². The van der Waals surface area contributed by atoms with Crippen molar-refractivity contribution in [2.75, 3.05) is 19.9 Å². The standard InChI is InChI=1S/C24H25N3O3/c1-17-2-5-19(6-3-17)20-11-25-23-13-30-24(15-27(20)23)8-9-26(14-24)12-18-4-7-21-22(10-18)29-16-28-21/h2-7,10-11H,8-9,12-16H2,1H3/t24-/m0/s1. The van der Waals surface area contributed by atoms with E-state index in [0.29, 0.717) is 13.4 Å². The molecular formula is C24H25N3O3. The number of imidazole rings is 1. The summed E-state index contributed by atoms with van der Waals surface area (Å²) in [6.45, 7) is 6.70. The first-order chi connectivity index (χ1) is 14.7. The molecule has 1 saturated heterocycles. The zero-order valence-corrected chi connectivity index (χ0v) is 17.1. The normalized spacial score (nSPS) is 22.6. The van der Waals surface area contributed by atoms with Gasteiger partial charge in [-0.15, -0.1) is 0 Å². The molecule has 3 aliphatic rings. The number of aryl methyl sites for hydroxylation is 1. The number of hydrogen-bond donors (Lipinski definition) is 0. The van der Waals surface area contributed by atoms with Gasteiger partial charge >= 0.3 is 0 Å². The zero-order chi connectivity index (χ0) is 20.1. The van der Waals surface area contributed by atoms with E-state index >= 15 is 0 Å². The smallest absolute Gasteiger partial charge is 0.231 e. The first-order valence-corrected chi connectivity index (χ1v) is 10.5. The number of ether oxygens (including phenoxy) is 3. The van der Waals surface area contributed by atoms with Gasteiger partial charge in [0.25, 0.3) is 0 Å². The number of hydrogen-bond acceptors (Lipinski definition) is 5. The van der Waals surface area contributed by atoms with E-state index in [1.165, 1.54) is 22.4 Å². The summed E-state index contributed by atoms with van der Waals surface area (Å²) in [5.41, 5.74) is 4.76. The van der Waals surface area contributed by atoms with E-state index in [4.69, 9.17) is 14.2 Å². The van der Waals surface area contributed by atoms with Gasteiger partial charge in [-0.2, -0.15) is 0 Å². The lowest BCUT2D eigenvalue weighted by Crippen LogP contribution is -2.44. The average molecular weight is 403 g/mol. The molecular weight excluding hydrogens is 378 g/mol. The molecule has 1 aromatic heterocycles. The van der Waals surface area contributed by atoms with Gasteiger partial charge in [0.1, 0.15) is 18.0 Å². The van der Waals surface area contributed by atoms with Crippen LogP contribution in [0.5, 0.6) is 11.5 Å². The summed E-state index contributed by atoms with van der Waals surface area (Å²) in [5.74, 6) is 2.70. The molecule has 154 valence electrons. The summed E-state index contributed by atoms with van der Waals surface area (Å²) in [4.78, 5) is 7.11. The van der Waals surface area contributed by atoms with Crippen LogP contribution < -0.4 is 9.47 Å². The highest BCUT2D eigenvalue weighted by Crippen LogP contribution is 2.37. The summed E-state index contributed by atoms with van der Waals surface area (Å²) < 4.78 is 19.7. The maximum atomic E-state index is 6.39. The van der Waals surface area contributed by atoms with Crippen LogP contribution in [0.4, 0.5) is 0 Å². The predicted molar refractivity (Wildman–Crippen MR) is 112 cm³/mol. The molecule has 1 fully saturated rings. The highest BCUT2D eigenvalue weighted by molar-refractivity contribution is 5.60. The van der Waals surface area contributed by atoms with Crippen LogP contribution in [0.1, 0.15) is 23.4 Å². The third kappa shape index (κ3) is 3.07. The summed E-state index contributed by atoms with van der Waals surface area (Å²) >= 11 is 0. The lowest BCUT2D eigenvalue weighted by molar-refractivity contribution is -0.0821. The molecule has 3 aromatic rings. The summed E-state index contributed by atoms with van der Waals surface area (Å²) in [7, 11) is 0. The number of aromatic nitrogens is 2. The minimum absolute atomic E-state index is 0.149. The Morgan fingerprint density at radius 2 is 1.90 bits per heavy atom. The Morgan fingerprint density at radius 1 is 1.03 bits per heavy atom. The van der Waals surface area contributed by atoms with E-state index in [1.807, 2.05) is 12.3 Å². The van der Waals surface area contributed by atoms with E-state index in [-0.39, 0.29) is 5.60 Å². The largest absolute Gasteiger partial charge is 0.454 e. The first kappa shape index (κ1) is 18.0. The number of rotatable bonds is 3. The fraction of sp³-hybridized carbons (Fsp3) is 0.375. The number of likely N-dealkylation sites (tertiary alicyclic amines) is 1. The molecule has 6 heteroatoms. The van der Waals surface area contributed by atoms with Crippen molar-refractivity contribution in [1.82, 2.24) is 14.5 Å². The summed E-state index contributed by atoms with van der Waals surface area (Å²) in [5, 5.41) is 0. The second-order valence-corrected chi connectivity index (χ2v) is 8.63. The maximum Gasteiger partial charge on any atom is 0.231 e. The van der Waals surface area contributed by atoms with Gasteiger partial charge in [0, 0.05) is 19.6 Å². The lowest BCUT2D eigenvalue weighted by atomic mass is 10.0. The van der Waals surface area contributed by atoms with Crippen molar-refractivity contribution in [1.29, 1.82) is 0 Å². The highest BCUT2D eigenvalue weighted by Gasteiger charge is 2.43. The minimum atomic E-state index is -0.149. The van der Waals surface area contributed by atoms with Crippen molar-refractivity contribution in [3.05, 3.63) is 65.6 Å². The molecule has 3 aliphatic heterocycles. The number of fused-ring (bicyclic) bond motifs is 2. The number of benzene rings is 2. The molecule has 30 heavy (non-hydrogen) atoms. The molecule has 0 radical (unpaired) electrons. The van der Waals surface area contributed by atoms with Crippen LogP contribution in [-0.4, -0.2) is 39.9 Å². The third-order valence-corrected chi connectivity index (χ3v) is 6.48. The molecule has 0 bridgehead atoms. The minimum Gasteiger partial charge on any atom is -0.454 e. The SMILES string of the molecule is Cc1ccc(-c2cnc3n2C[C@@]2(CCN(Cc4ccc5c(c4)OCO5)C2)OC3)cc1. The fourth-order valence-electron chi connectivity index (χ4n) is 4.82. The molecule has 1 spiro atoms. The molecule has 0 aliphatic carbocycles. The van der Waals surface area contributed by atoms with Gasteiger partial charge in [-0.05, 0) is 36.6 Å². The van der Waals surface area contributed by atoms with Crippen LogP contribution in [0.2, 0.25) is 0 Å².